The molecule has 2 N–H and O–H groups in total. The highest BCUT2D eigenvalue weighted by atomic mass is 16.5. The highest BCUT2D eigenvalue weighted by Gasteiger charge is 2.24. The van der Waals surface area contributed by atoms with Crippen molar-refractivity contribution in [3.8, 4) is 5.75 Å². The van der Waals surface area contributed by atoms with Gasteiger partial charge in [0.25, 0.3) is 0 Å². The normalized spacial score (nSPS) is 28.6. The number of anilines is 1. The van der Waals surface area contributed by atoms with E-state index in [1.54, 1.807) is 38.1 Å². The van der Waals surface area contributed by atoms with E-state index in [-0.39, 0.29) is 29.4 Å². The lowest BCUT2D eigenvalue weighted by Gasteiger charge is -2.21. The number of rotatable bonds is 1. The summed E-state index contributed by atoms with van der Waals surface area (Å²) in [6.07, 6.45) is 5.39. The smallest absolute Gasteiger partial charge is 0.342 e. The molecule has 0 aliphatic carbocycles. The van der Waals surface area contributed by atoms with E-state index < -0.39 is 24.1 Å². The van der Waals surface area contributed by atoms with Gasteiger partial charge in [0, 0.05) is 37.7 Å². The molecule has 1 aromatic carbocycles. The van der Waals surface area contributed by atoms with E-state index in [2.05, 4.69) is 0 Å². The molecule has 28 heavy (non-hydrogen) atoms. The van der Waals surface area contributed by atoms with Gasteiger partial charge in [-0.2, -0.15) is 0 Å². The summed E-state index contributed by atoms with van der Waals surface area (Å²) in [7, 11) is 3.67. The van der Waals surface area contributed by atoms with Crippen molar-refractivity contribution in [2.45, 2.75) is 39.4 Å². The molecule has 1 aliphatic rings. The van der Waals surface area contributed by atoms with Crippen LogP contribution in [0.15, 0.2) is 30.4 Å². The number of hydrogen-bond donors (Lipinski definition) is 2. The minimum Gasteiger partial charge on any atom is -0.507 e. The van der Waals surface area contributed by atoms with Gasteiger partial charge in [-0.3, -0.25) is 4.79 Å². The van der Waals surface area contributed by atoms with Crippen LogP contribution in [-0.4, -0.2) is 48.3 Å². The van der Waals surface area contributed by atoms with E-state index in [4.69, 9.17) is 4.74 Å². The SMILES string of the molecule is C[C@@H]1/C=C\C(=O)[C@@H](C)[C@@H](O)C/C=C/c2cc(N(C)C)cc(O)c2C(=O)O[C@H]1C. The molecular weight excluding hydrogens is 358 g/mol. The molecule has 1 aliphatic heterocycles. The number of carbonyl (C=O) groups is 2. The van der Waals surface area contributed by atoms with Crippen molar-refractivity contribution in [1.82, 2.24) is 0 Å². The predicted molar refractivity (Wildman–Crippen MR) is 109 cm³/mol. The number of benzene rings is 1. The number of aliphatic hydroxyl groups excluding tert-OH is 1. The third-order valence-corrected chi connectivity index (χ3v) is 5.15. The first kappa shape index (κ1) is 21.7. The van der Waals surface area contributed by atoms with E-state index in [1.165, 1.54) is 12.1 Å². The third kappa shape index (κ3) is 5.01. The van der Waals surface area contributed by atoms with Crippen molar-refractivity contribution in [2.24, 2.45) is 11.8 Å². The molecule has 0 aromatic heterocycles. The number of ether oxygens (including phenoxy) is 1. The first-order chi connectivity index (χ1) is 13.1. The molecule has 0 spiro atoms. The van der Waals surface area contributed by atoms with Gasteiger partial charge in [0.2, 0.25) is 0 Å². The van der Waals surface area contributed by atoms with Crippen LogP contribution in [0.1, 0.15) is 43.1 Å². The average Bonchev–Trinajstić information content (AvgIpc) is 2.63. The van der Waals surface area contributed by atoms with Gasteiger partial charge in [-0.05, 0) is 31.1 Å². The zero-order valence-electron chi connectivity index (χ0n) is 17.0. The number of carbonyl (C=O) groups excluding carboxylic acids is 2. The van der Waals surface area contributed by atoms with Gasteiger partial charge < -0.3 is 19.8 Å². The Morgan fingerprint density at radius 1 is 1.11 bits per heavy atom. The summed E-state index contributed by atoms with van der Waals surface area (Å²) >= 11 is 0. The summed E-state index contributed by atoms with van der Waals surface area (Å²) in [6, 6.07) is 3.29. The molecule has 6 heteroatoms. The van der Waals surface area contributed by atoms with Crippen LogP contribution in [0.25, 0.3) is 6.08 Å². The minimum absolute atomic E-state index is 0.0838. The molecule has 2 rings (SSSR count). The Morgan fingerprint density at radius 3 is 2.43 bits per heavy atom. The van der Waals surface area contributed by atoms with Crippen LogP contribution in [-0.2, 0) is 9.53 Å². The number of allylic oxidation sites excluding steroid dienone is 1. The molecule has 0 unspecified atom stereocenters. The van der Waals surface area contributed by atoms with Crippen LogP contribution >= 0.6 is 0 Å². The number of phenolic OH excluding ortho intramolecular Hbond substituents is 1. The molecule has 4 atom stereocenters. The lowest BCUT2D eigenvalue weighted by atomic mass is 9.94. The number of esters is 1. The minimum atomic E-state index is -0.842. The zero-order chi connectivity index (χ0) is 21.0. The highest BCUT2D eigenvalue weighted by Crippen LogP contribution is 2.31. The summed E-state index contributed by atoms with van der Waals surface area (Å²) in [5.74, 6) is -1.72. The van der Waals surface area contributed by atoms with Crippen LogP contribution in [0.3, 0.4) is 0 Å². The van der Waals surface area contributed by atoms with E-state index in [9.17, 15) is 19.8 Å². The summed E-state index contributed by atoms with van der Waals surface area (Å²) in [6.45, 7) is 5.27. The molecule has 0 radical (unpaired) electrons. The van der Waals surface area contributed by atoms with Crippen LogP contribution in [0.5, 0.6) is 5.75 Å². The first-order valence-corrected chi connectivity index (χ1v) is 9.43. The molecule has 0 saturated heterocycles. The van der Waals surface area contributed by atoms with E-state index >= 15 is 0 Å². The molecule has 6 nitrogen and oxygen atoms in total. The van der Waals surface area contributed by atoms with Gasteiger partial charge in [0.05, 0.1) is 6.10 Å². The number of aromatic hydroxyl groups is 1. The Morgan fingerprint density at radius 2 is 1.79 bits per heavy atom. The van der Waals surface area contributed by atoms with Crippen LogP contribution < -0.4 is 4.90 Å². The second-order valence-corrected chi connectivity index (χ2v) is 7.55. The van der Waals surface area contributed by atoms with Crippen LogP contribution in [0, 0.1) is 11.8 Å². The Bertz CT molecular complexity index is 796. The number of phenols is 1. The van der Waals surface area contributed by atoms with Gasteiger partial charge in [-0.25, -0.2) is 4.79 Å². The van der Waals surface area contributed by atoms with Crippen molar-refractivity contribution in [3.63, 3.8) is 0 Å². The maximum Gasteiger partial charge on any atom is 0.342 e. The van der Waals surface area contributed by atoms with Crippen molar-refractivity contribution in [1.29, 1.82) is 0 Å². The van der Waals surface area contributed by atoms with Gasteiger partial charge in [-0.15, -0.1) is 0 Å². The Labute approximate surface area is 166 Å². The zero-order valence-corrected chi connectivity index (χ0v) is 17.0. The Hall–Kier alpha value is -2.60. The van der Waals surface area contributed by atoms with Gasteiger partial charge in [-0.1, -0.05) is 32.1 Å². The van der Waals surface area contributed by atoms with Crippen LogP contribution in [0.2, 0.25) is 0 Å². The summed E-state index contributed by atoms with van der Waals surface area (Å²) in [4.78, 5) is 26.8. The summed E-state index contributed by atoms with van der Waals surface area (Å²) in [5.41, 5.74) is 1.30. The van der Waals surface area contributed by atoms with E-state index in [0.717, 1.165) is 5.69 Å². The largest absolute Gasteiger partial charge is 0.507 e. The highest BCUT2D eigenvalue weighted by molar-refractivity contribution is 5.97. The van der Waals surface area contributed by atoms with Crippen molar-refractivity contribution < 1.29 is 24.5 Å². The summed E-state index contributed by atoms with van der Waals surface area (Å²) in [5, 5.41) is 20.8. The fourth-order valence-corrected chi connectivity index (χ4v) is 2.86. The van der Waals surface area contributed by atoms with Gasteiger partial charge in [0.15, 0.2) is 5.78 Å². The fourth-order valence-electron chi connectivity index (χ4n) is 2.86. The molecule has 1 heterocycles. The van der Waals surface area contributed by atoms with E-state index in [1.807, 2.05) is 25.9 Å². The fraction of sp³-hybridized carbons (Fsp3) is 0.455. The number of nitrogens with zero attached hydrogens (tertiary/aromatic N) is 1. The van der Waals surface area contributed by atoms with Gasteiger partial charge in [0.1, 0.15) is 17.4 Å². The lowest BCUT2D eigenvalue weighted by Crippen LogP contribution is -2.25. The topological polar surface area (TPSA) is 87.1 Å². The molecule has 0 fully saturated rings. The van der Waals surface area contributed by atoms with E-state index in [0.29, 0.717) is 5.56 Å². The predicted octanol–water partition coefficient (Wildman–Crippen LogP) is 3.18. The second-order valence-electron chi connectivity index (χ2n) is 7.55. The molecule has 0 bridgehead atoms. The number of fused-ring (bicyclic) bond motifs is 1. The first-order valence-electron chi connectivity index (χ1n) is 9.43. The second kappa shape index (κ2) is 9.06. The number of aliphatic hydroxyl groups is 1. The maximum absolute atomic E-state index is 12.7. The Kier molecular flexibility index (Phi) is 7.02. The monoisotopic (exact) mass is 387 g/mol. The Balaban J connectivity index is 2.53. The maximum atomic E-state index is 12.7. The number of hydrogen-bond acceptors (Lipinski definition) is 6. The molecule has 152 valence electrons. The van der Waals surface area contributed by atoms with Crippen LogP contribution in [0.4, 0.5) is 5.69 Å². The number of ketones is 1. The van der Waals surface area contributed by atoms with Crippen molar-refractivity contribution in [2.75, 3.05) is 19.0 Å². The molecule has 1 aromatic rings. The summed E-state index contributed by atoms with van der Waals surface area (Å²) < 4.78 is 5.54. The van der Waals surface area contributed by atoms with Crippen molar-refractivity contribution in [3.05, 3.63) is 41.5 Å². The molecule has 0 amide bonds. The average molecular weight is 387 g/mol. The standard InChI is InChI=1S/C22H29NO5/c1-13-9-10-19(25)14(2)18(24)8-6-7-16-11-17(23(4)5)12-20(26)21(16)22(27)28-15(13)3/h6-7,9-15,18,24,26H,8H2,1-5H3/b7-6+,10-9-/t13-,14+,15+,18+/m1/s1. The van der Waals surface area contributed by atoms with Crippen molar-refractivity contribution >= 4 is 23.5 Å². The molecule has 0 saturated carbocycles. The number of cyclic esters (lactones) is 1. The lowest BCUT2D eigenvalue weighted by molar-refractivity contribution is -0.120. The van der Waals surface area contributed by atoms with Gasteiger partial charge >= 0.3 is 5.97 Å². The quantitative estimate of drug-likeness (QED) is 0.720. The molecular formula is C22H29NO5. The third-order valence-electron chi connectivity index (χ3n) is 5.15.